The van der Waals surface area contributed by atoms with Crippen LogP contribution in [-0.4, -0.2) is 5.88 Å². The second-order valence-electron chi connectivity index (χ2n) is 1.63. The second kappa shape index (κ2) is 4.74. The van der Waals surface area contributed by atoms with E-state index in [1.165, 1.54) is 0 Å². The summed E-state index contributed by atoms with van der Waals surface area (Å²) in [5.41, 5.74) is 6.78. The molecule has 0 aromatic heterocycles. The lowest BCUT2D eigenvalue weighted by molar-refractivity contribution is 1.41. The van der Waals surface area contributed by atoms with Gasteiger partial charge in [0.2, 0.25) is 0 Å². The van der Waals surface area contributed by atoms with E-state index in [2.05, 4.69) is 11.5 Å². The zero-order valence-electron chi connectivity index (χ0n) is 5.16. The molecule has 0 aromatic rings. The molecule has 0 spiro atoms. The van der Waals surface area contributed by atoms with E-state index in [9.17, 15) is 0 Å². The molecule has 0 fully saturated rings. The highest BCUT2D eigenvalue weighted by Crippen LogP contribution is 1.81. The fraction of sp³-hybridized carbons (Fsp3) is 0.429. The zero-order valence-corrected chi connectivity index (χ0v) is 5.92. The van der Waals surface area contributed by atoms with E-state index < -0.39 is 0 Å². The molecule has 44 valence electrons. The molecule has 0 aliphatic rings. The molecule has 0 N–H and O–H groups in total. The molecule has 0 saturated heterocycles. The quantitative estimate of drug-likeness (QED) is 0.376. The standard InChI is InChI=1S/C7H9Cl/c1-7(2)5-3-4-6-8/h4H,6H2,1-2H3. The van der Waals surface area contributed by atoms with Gasteiger partial charge in [0.15, 0.2) is 0 Å². The molecule has 0 heterocycles. The van der Waals surface area contributed by atoms with Crippen LogP contribution in [0.4, 0.5) is 0 Å². The molecule has 0 bridgehead atoms. The number of allylic oxidation sites excluding steroid dienone is 2. The van der Waals surface area contributed by atoms with Crippen LogP contribution in [0.25, 0.3) is 0 Å². The van der Waals surface area contributed by atoms with Gasteiger partial charge in [-0.1, -0.05) is 11.5 Å². The predicted molar refractivity (Wildman–Crippen MR) is 37.2 cm³/mol. The van der Waals surface area contributed by atoms with Crippen LogP contribution in [0.5, 0.6) is 0 Å². The van der Waals surface area contributed by atoms with Crippen molar-refractivity contribution in [3.05, 3.63) is 23.1 Å². The third-order valence-corrected chi connectivity index (χ3v) is 0.656. The first-order valence-corrected chi connectivity index (χ1v) is 3.00. The van der Waals surface area contributed by atoms with Crippen molar-refractivity contribution in [2.75, 3.05) is 5.88 Å². The normalized spacial score (nSPS) is 6.88. The minimum Gasteiger partial charge on any atom is -0.122 e. The Morgan fingerprint density at radius 3 is 2.62 bits per heavy atom. The average molecular weight is 129 g/mol. The first-order chi connectivity index (χ1) is 3.77. The third kappa shape index (κ3) is 5.59. The largest absolute Gasteiger partial charge is 0.122 e. The lowest BCUT2D eigenvalue weighted by Crippen LogP contribution is -1.53. The van der Waals surface area contributed by atoms with E-state index in [1.54, 1.807) is 6.08 Å². The van der Waals surface area contributed by atoms with Crippen LogP contribution in [-0.2, 0) is 0 Å². The molecule has 0 saturated carbocycles. The fourth-order valence-electron chi connectivity index (χ4n) is 0.234. The maximum Gasteiger partial charge on any atom is 0.0485 e. The van der Waals surface area contributed by atoms with Crippen LogP contribution in [0.1, 0.15) is 13.8 Å². The molecule has 0 aliphatic heterocycles. The Hall–Kier alpha value is -0.410. The second-order valence-corrected chi connectivity index (χ2v) is 1.94. The highest BCUT2D eigenvalue weighted by Gasteiger charge is 1.62. The number of rotatable bonds is 1. The fourth-order valence-corrected chi connectivity index (χ4v) is 0.311. The summed E-state index contributed by atoms with van der Waals surface area (Å²) in [6.45, 7) is 3.93. The van der Waals surface area contributed by atoms with Crippen LogP contribution in [0.15, 0.2) is 23.1 Å². The summed E-state index contributed by atoms with van der Waals surface area (Å²) in [4.78, 5) is 0. The van der Waals surface area contributed by atoms with E-state index in [0.29, 0.717) is 5.88 Å². The minimum atomic E-state index is 0.514. The van der Waals surface area contributed by atoms with Crippen molar-refractivity contribution in [3.8, 4) is 0 Å². The number of hydrogen-bond donors (Lipinski definition) is 0. The van der Waals surface area contributed by atoms with Crippen molar-refractivity contribution in [2.45, 2.75) is 13.8 Å². The van der Waals surface area contributed by atoms with Gasteiger partial charge in [-0.15, -0.1) is 11.6 Å². The zero-order chi connectivity index (χ0) is 6.41. The molecule has 0 unspecified atom stereocenters. The van der Waals surface area contributed by atoms with Crippen LogP contribution in [0, 0.1) is 0 Å². The Morgan fingerprint density at radius 2 is 2.25 bits per heavy atom. The van der Waals surface area contributed by atoms with Gasteiger partial charge in [-0.05, 0) is 25.5 Å². The van der Waals surface area contributed by atoms with Gasteiger partial charge in [-0.25, -0.2) is 0 Å². The van der Waals surface area contributed by atoms with Gasteiger partial charge < -0.3 is 0 Å². The van der Waals surface area contributed by atoms with Crippen molar-refractivity contribution in [1.29, 1.82) is 0 Å². The van der Waals surface area contributed by atoms with E-state index in [-0.39, 0.29) is 0 Å². The molecule has 0 aromatic carbocycles. The molecule has 0 nitrogen and oxygen atoms in total. The minimum absolute atomic E-state index is 0.514. The first kappa shape index (κ1) is 7.59. The summed E-state index contributed by atoms with van der Waals surface area (Å²) < 4.78 is 0. The number of halogens is 1. The average Bonchev–Trinajstić information content (AvgIpc) is 1.66. The molecule has 8 heavy (non-hydrogen) atoms. The summed E-state index contributed by atoms with van der Waals surface area (Å²) in [6.07, 6.45) is 1.73. The molecule has 0 radical (unpaired) electrons. The maximum atomic E-state index is 5.32. The molecular weight excluding hydrogens is 120 g/mol. The highest BCUT2D eigenvalue weighted by molar-refractivity contribution is 6.18. The van der Waals surface area contributed by atoms with Gasteiger partial charge >= 0.3 is 0 Å². The molecule has 1 heteroatoms. The Labute approximate surface area is 55.2 Å². The molecule has 0 amide bonds. The topological polar surface area (TPSA) is 0 Å². The van der Waals surface area contributed by atoms with Gasteiger partial charge in [0.1, 0.15) is 0 Å². The van der Waals surface area contributed by atoms with E-state index in [0.717, 1.165) is 5.57 Å². The Kier molecular flexibility index (Phi) is 4.50. The predicted octanol–water partition coefficient (Wildman–Crippen LogP) is 2.50. The smallest absolute Gasteiger partial charge is 0.0485 e. The summed E-state index contributed by atoms with van der Waals surface area (Å²) in [5, 5.41) is 0. The van der Waals surface area contributed by atoms with Gasteiger partial charge in [0, 0.05) is 5.88 Å². The molecule has 0 aliphatic carbocycles. The van der Waals surface area contributed by atoms with E-state index in [4.69, 9.17) is 11.6 Å². The van der Waals surface area contributed by atoms with Crippen LogP contribution < -0.4 is 0 Å². The van der Waals surface area contributed by atoms with Gasteiger partial charge in [-0.2, -0.15) is 0 Å². The number of alkyl halides is 1. The van der Waals surface area contributed by atoms with Crippen molar-refractivity contribution in [3.63, 3.8) is 0 Å². The third-order valence-electron chi connectivity index (χ3n) is 0.501. The van der Waals surface area contributed by atoms with Crippen LogP contribution in [0.3, 0.4) is 0 Å². The lowest BCUT2D eigenvalue weighted by Gasteiger charge is -1.69. The highest BCUT2D eigenvalue weighted by atomic mass is 35.5. The lowest BCUT2D eigenvalue weighted by atomic mass is 10.4. The van der Waals surface area contributed by atoms with Crippen LogP contribution >= 0.6 is 11.6 Å². The number of hydrogen-bond acceptors (Lipinski definition) is 0. The Balaban J connectivity index is 4.00. The van der Waals surface area contributed by atoms with Crippen molar-refractivity contribution < 1.29 is 0 Å². The van der Waals surface area contributed by atoms with Crippen molar-refractivity contribution in [1.82, 2.24) is 0 Å². The van der Waals surface area contributed by atoms with E-state index in [1.807, 2.05) is 13.8 Å². The summed E-state index contributed by atoms with van der Waals surface area (Å²) in [6, 6.07) is 0. The molecule has 0 rings (SSSR count). The van der Waals surface area contributed by atoms with E-state index >= 15 is 0 Å². The summed E-state index contributed by atoms with van der Waals surface area (Å²) in [7, 11) is 0. The molecular formula is C7H9Cl. The first-order valence-electron chi connectivity index (χ1n) is 2.46. The Morgan fingerprint density at radius 1 is 1.62 bits per heavy atom. The van der Waals surface area contributed by atoms with Gasteiger partial charge in [0.05, 0.1) is 0 Å². The van der Waals surface area contributed by atoms with Gasteiger partial charge in [0.25, 0.3) is 0 Å². The van der Waals surface area contributed by atoms with Crippen molar-refractivity contribution in [2.24, 2.45) is 0 Å². The van der Waals surface area contributed by atoms with Crippen LogP contribution in [0.2, 0.25) is 0 Å². The maximum absolute atomic E-state index is 5.32. The van der Waals surface area contributed by atoms with Gasteiger partial charge in [-0.3, -0.25) is 0 Å². The monoisotopic (exact) mass is 128 g/mol. The Bertz CT molecular complexity index is 140. The summed E-state index contributed by atoms with van der Waals surface area (Å²) >= 11 is 5.32. The summed E-state index contributed by atoms with van der Waals surface area (Å²) in [5.74, 6) is 0.514. The SMILES string of the molecule is CC(C)=C=C=CCCl. The molecule has 0 atom stereocenters. The van der Waals surface area contributed by atoms with Crippen molar-refractivity contribution >= 4 is 11.6 Å².